The van der Waals surface area contributed by atoms with Gasteiger partial charge in [0.1, 0.15) is 0 Å². The number of nitrogens with one attached hydrogen (secondary N) is 2. The van der Waals surface area contributed by atoms with E-state index >= 15 is 0 Å². The van der Waals surface area contributed by atoms with E-state index in [4.69, 9.17) is 11.6 Å². The lowest BCUT2D eigenvalue weighted by atomic mass is 10.2. The van der Waals surface area contributed by atoms with Crippen LogP contribution in [0.3, 0.4) is 0 Å². The molecule has 0 unspecified atom stereocenters. The van der Waals surface area contributed by atoms with Gasteiger partial charge in [0.05, 0.1) is 5.69 Å². The van der Waals surface area contributed by atoms with Gasteiger partial charge in [0.25, 0.3) is 0 Å². The monoisotopic (exact) mass is 340 g/mol. The first-order valence-corrected chi connectivity index (χ1v) is 7.93. The van der Waals surface area contributed by atoms with E-state index < -0.39 is 0 Å². The van der Waals surface area contributed by atoms with Crippen LogP contribution in [0.5, 0.6) is 0 Å². The molecule has 24 heavy (non-hydrogen) atoms. The molecule has 0 radical (unpaired) electrons. The molecule has 0 aliphatic heterocycles. The first kappa shape index (κ1) is 16.1. The Balaban J connectivity index is 1.51. The fraction of sp³-hybridized carbons (Fsp3) is 0.111. The molecule has 0 fully saturated rings. The summed E-state index contributed by atoms with van der Waals surface area (Å²) in [6, 6.07) is 16.9. The minimum Gasteiger partial charge on any atom is -0.334 e. The van der Waals surface area contributed by atoms with Crippen molar-refractivity contribution in [3.63, 3.8) is 0 Å². The molecule has 3 rings (SSSR count). The maximum absolute atomic E-state index is 11.9. The zero-order valence-corrected chi connectivity index (χ0v) is 13.7. The highest BCUT2D eigenvalue weighted by molar-refractivity contribution is 6.30. The number of amides is 2. The second-order valence-electron chi connectivity index (χ2n) is 5.28. The predicted octanol–water partition coefficient (Wildman–Crippen LogP) is 3.53. The molecule has 0 bridgehead atoms. The number of carbonyl (C=O) groups excluding carboxylic acids is 1. The number of hydrogen-bond donors (Lipinski definition) is 2. The summed E-state index contributed by atoms with van der Waals surface area (Å²) in [4.78, 5) is 11.9. The van der Waals surface area contributed by atoms with Crippen LogP contribution in [-0.2, 0) is 13.1 Å². The Morgan fingerprint density at radius 3 is 2.46 bits per heavy atom. The van der Waals surface area contributed by atoms with Gasteiger partial charge in [-0.15, -0.1) is 0 Å². The summed E-state index contributed by atoms with van der Waals surface area (Å²) in [6.07, 6.45) is 3.61. The van der Waals surface area contributed by atoms with E-state index in [2.05, 4.69) is 15.7 Å². The summed E-state index contributed by atoms with van der Waals surface area (Å²) < 4.78 is 1.78. The Morgan fingerprint density at radius 1 is 1.00 bits per heavy atom. The number of carbonyl (C=O) groups is 1. The number of aromatic nitrogens is 2. The summed E-state index contributed by atoms with van der Waals surface area (Å²) >= 11 is 5.84. The third-order valence-electron chi connectivity index (χ3n) is 3.50. The van der Waals surface area contributed by atoms with Crippen molar-refractivity contribution >= 4 is 17.6 Å². The van der Waals surface area contributed by atoms with Crippen LogP contribution in [0, 0.1) is 0 Å². The lowest BCUT2D eigenvalue weighted by Gasteiger charge is -2.09. The fourth-order valence-corrected chi connectivity index (χ4v) is 2.39. The zero-order chi connectivity index (χ0) is 16.8. The third kappa shape index (κ3) is 4.36. The molecule has 1 aromatic heterocycles. The second-order valence-corrected chi connectivity index (χ2v) is 5.72. The van der Waals surface area contributed by atoms with E-state index in [1.54, 1.807) is 23.0 Å². The predicted molar refractivity (Wildman–Crippen MR) is 94.1 cm³/mol. The third-order valence-corrected chi connectivity index (χ3v) is 3.75. The molecule has 5 nitrogen and oxygen atoms in total. The molecular weight excluding hydrogens is 324 g/mol. The molecular formula is C18H17ClN4O. The van der Waals surface area contributed by atoms with Crippen molar-refractivity contribution < 1.29 is 4.79 Å². The Hall–Kier alpha value is -2.79. The van der Waals surface area contributed by atoms with E-state index in [1.807, 2.05) is 48.7 Å². The molecule has 2 aromatic carbocycles. The van der Waals surface area contributed by atoms with E-state index in [-0.39, 0.29) is 6.03 Å². The van der Waals surface area contributed by atoms with Crippen molar-refractivity contribution in [2.75, 3.05) is 0 Å². The number of hydrogen-bond acceptors (Lipinski definition) is 2. The second kappa shape index (κ2) is 7.66. The van der Waals surface area contributed by atoms with E-state index in [0.717, 1.165) is 16.8 Å². The van der Waals surface area contributed by atoms with Crippen LogP contribution in [0.25, 0.3) is 5.69 Å². The molecule has 0 aliphatic carbocycles. The quantitative estimate of drug-likeness (QED) is 0.746. The van der Waals surface area contributed by atoms with Crippen LogP contribution in [0.2, 0.25) is 5.02 Å². The number of urea groups is 1. The lowest BCUT2D eigenvalue weighted by Crippen LogP contribution is -2.34. The molecule has 0 saturated carbocycles. The van der Waals surface area contributed by atoms with Crippen LogP contribution in [0.15, 0.2) is 67.0 Å². The van der Waals surface area contributed by atoms with Crippen LogP contribution >= 0.6 is 11.6 Å². The van der Waals surface area contributed by atoms with Gasteiger partial charge in [0.2, 0.25) is 0 Å². The standard InChI is InChI=1S/C18H17ClN4O/c19-16-7-5-14(6-8-16)12-20-18(24)21-13-15-3-1-4-17(11-15)23-10-2-9-22-23/h1-11H,12-13H2,(H2,20,21,24). The van der Waals surface area contributed by atoms with Crippen molar-refractivity contribution in [2.45, 2.75) is 13.1 Å². The Morgan fingerprint density at radius 2 is 1.75 bits per heavy atom. The Labute approximate surface area is 145 Å². The van der Waals surface area contributed by atoms with Crippen molar-refractivity contribution in [3.8, 4) is 5.69 Å². The van der Waals surface area contributed by atoms with Crippen LogP contribution in [0.1, 0.15) is 11.1 Å². The van der Waals surface area contributed by atoms with Gasteiger partial charge in [-0.25, -0.2) is 9.48 Å². The molecule has 2 N–H and O–H groups in total. The van der Waals surface area contributed by atoms with Crippen LogP contribution in [-0.4, -0.2) is 15.8 Å². The first-order valence-electron chi connectivity index (χ1n) is 7.56. The molecule has 0 spiro atoms. The molecule has 2 amide bonds. The van der Waals surface area contributed by atoms with Crippen LogP contribution in [0.4, 0.5) is 4.79 Å². The minimum atomic E-state index is -0.213. The highest BCUT2D eigenvalue weighted by Crippen LogP contribution is 2.10. The molecule has 122 valence electrons. The van der Waals surface area contributed by atoms with E-state index in [1.165, 1.54) is 0 Å². The van der Waals surface area contributed by atoms with E-state index in [9.17, 15) is 4.79 Å². The summed E-state index contributed by atoms with van der Waals surface area (Å²) in [6.45, 7) is 0.901. The molecule has 3 aromatic rings. The highest BCUT2D eigenvalue weighted by atomic mass is 35.5. The summed E-state index contributed by atoms with van der Waals surface area (Å²) in [5.74, 6) is 0. The van der Waals surface area contributed by atoms with Gasteiger partial charge in [0.15, 0.2) is 0 Å². The van der Waals surface area contributed by atoms with Crippen molar-refractivity contribution in [1.29, 1.82) is 0 Å². The Kier molecular flexibility index (Phi) is 5.13. The number of rotatable bonds is 5. The SMILES string of the molecule is O=C(NCc1ccc(Cl)cc1)NCc1cccc(-n2cccn2)c1. The first-order chi connectivity index (χ1) is 11.7. The highest BCUT2D eigenvalue weighted by Gasteiger charge is 2.03. The fourth-order valence-electron chi connectivity index (χ4n) is 2.26. The van der Waals surface area contributed by atoms with Gasteiger partial charge in [-0.2, -0.15) is 5.10 Å². The smallest absolute Gasteiger partial charge is 0.315 e. The van der Waals surface area contributed by atoms with Gasteiger partial charge >= 0.3 is 6.03 Å². The van der Waals surface area contributed by atoms with Crippen molar-refractivity contribution in [3.05, 3.63) is 83.1 Å². The average Bonchev–Trinajstić information content (AvgIpc) is 3.14. The van der Waals surface area contributed by atoms with E-state index in [0.29, 0.717) is 18.1 Å². The maximum Gasteiger partial charge on any atom is 0.315 e. The number of nitrogens with zero attached hydrogens (tertiary/aromatic N) is 2. The summed E-state index contributed by atoms with van der Waals surface area (Å²) in [7, 11) is 0. The Bertz CT molecular complexity index is 800. The van der Waals surface area contributed by atoms with Crippen molar-refractivity contribution in [1.82, 2.24) is 20.4 Å². The number of benzene rings is 2. The maximum atomic E-state index is 11.9. The van der Waals surface area contributed by atoms with Gasteiger partial charge in [-0.3, -0.25) is 0 Å². The normalized spacial score (nSPS) is 10.4. The molecule has 0 saturated heterocycles. The van der Waals surface area contributed by atoms with Crippen LogP contribution < -0.4 is 10.6 Å². The van der Waals surface area contributed by atoms with Crippen molar-refractivity contribution in [2.24, 2.45) is 0 Å². The average molecular weight is 341 g/mol. The van der Waals surface area contributed by atoms with Gasteiger partial charge in [0, 0.05) is 30.5 Å². The molecule has 0 aliphatic rings. The lowest BCUT2D eigenvalue weighted by molar-refractivity contribution is 0.240. The molecule has 0 atom stereocenters. The minimum absolute atomic E-state index is 0.213. The summed E-state index contributed by atoms with van der Waals surface area (Å²) in [5.41, 5.74) is 2.96. The largest absolute Gasteiger partial charge is 0.334 e. The topological polar surface area (TPSA) is 59.0 Å². The van der Waals surface area contributed by atoms with Gasteiger partial charge < -0.3 is 10.6 Å². The molecule has 6 heteroatoms. The zero-order valence-electron chi connectivity index (χ0n) is 12.9. The van der Waals surface area contributed by atoms with Gasteiger partial charge in [-0.05, 0) is 41.5 Å². The van der Waals surface area contributed by atoms with Gasteiger partial charge in [-0.1, -0.05) is 35.9 Å². The summed E-state index contributed by atoms with van der Waals surface area (Å²) in [5, 5.41) is 10.5. The number of halogens is 1. The molecule has 1 heterocycles.